The Morgan fingerprint density at radius 2 is 1.96 bits per heavy atom. The Morgan fingerprint density at radius 3 is 2.50 bits per heavy atom. The van der Waals surface area contributed by atoms with Gasteiger partial charge in [0.25, 0.3) is 0 Å². The Bertz CT molecular complexity index is 582. The van der Waals surface area contributed by atoms with Gasteiger partial charge in [0, 0.05) is 19.6 Å². The summed E-state index contributed by atoms with van der Waals surface area (Å²) in [5.74, 6) is 2.08. The van der Waals surface area contributed by atoms with Crippen LogP contribution in [0.25, 0.3) is 0 Å². The molecule has 134 valence electrons. The largest absolute Gasteiger partial charge is 0.378 e. The Kier molecular flexibility index (Phi) is 5.80. The third kappa shape index (κ3) is 4.46. The van der Waals surface area contributed by atoms with Crippen LogP contribution in [0.5, 0.6) is 0 Å². The first-order valence-electron chi connectivity index (χ1n) is 8.58. The molecule has 8 nitrogen and oxygen atoms in total. The summed E-state index contributed by atoms with van der Waals surface area (Å²) in [6.07, 6.45) is 2.08. The van der Waals surface area contributed by atoms with Gasteiger partial charge in [-0.05, 0) is 30.6 Å². The first kappa shape index (κ1) is 18.2. The summed E-state index contributed by atoms with van der Waals surface area (Å²) in [6, 6.07) is 0. The van der Waals surface area contributed by atoms with Crippen molar-refractivity contribution in [2.24, 2.45) is 17.8 Å². The summed E-state index contributed by atoms with van der Waals surface area (Å²) in [5.41, 5.74) is 5.68. The number of nitrogens with zero attached hydrogens (tertiary/aromatic N) is 4. The van der Waals surface area contributed by atoms with E-state index in [0.29, 0.717) is 36.1 Å². The van der Waals surface area contributed by atoms with Gasteiger partial charge >= 0.3 is 5.69 Å². The molecule has 0 aliphatic carbocycles. The van der Waals surface area contributed by atoms with Gasteiger partial charge in [0.05, 0.1) is 4.92 Å². The van der Waals surface area contributed by atoms with E-state index in [1.54, 1.807) is 0 Å². The van der Waals surface area contributed by atoms with Crippen molar-refractivity contribution in [3.63, 3.8) is 0 Å². The molecule has 0 radical (unpaired) electrons. The highest BCUT2D eigenvalue weighted by Crippen LogP contribution is 2.35. The number of nitrogens with one attached hydrogen (secondary N) is 1. The number of nitrogen functional groups attached to an aromatic ring is 1. The molecule has 0 saturated carbocycles. The summed E-state index contributed by atoms with van der Waals surface area (Å²) in [7, 11) is 0. The van der Waals surface area contributed by atoms with Crippen LogP contribution in [0.15, 0.2) is 0 Å². The van der Waals surface area contributed by atoms with E-state index < -0.39 is 4.92 Å². The van der Waals surface area contributed by atoms with Crippen LogP contribution in [-0.4, -0.2) is 34.5 Å². The maximum Gasteiger partial charge on any atom is 0.353 e. The van der Waals surface area contributed by atoms with Crippen molar-refractivity contribution in [1.82, 2.24) is 9.97 Å². The second kappa shape index (κ2) is 7.63. The van der Waals surface area contributed by atoms with Crippen molar-refractivity contribution in [1.29, 1.82) is 0 Å². The highest BCUT2D eigenvalue weighted by Gasteiger charge is 2.31. The van der Waals surface area contributed by atoms with Crippen LogP contribution in [0.2, 0.25) is 0 Å². The fraction of sp³-hybridized carbons (Fsp3) is 0.750. The minimum absolute atomic E-state index is 0.0806. The van der Waals surface area contributed by atoms with Gasteiger partial charge in [0.2, 0.25) is 17.6 Å². The van der Waals surface area contributed by atoms with E-state index in [1.807, 2.05) is 4.90 Å². The third-order valence-corrected chi connectivity index (χ3v) is 4.25. The molecule has 1 aromatic heterocycles. The monoisotopic (exact) mass is 336 g/mol. The Balaban J connectivity index is 2.31. The van der Waals surface area contributed by atoms with E-state index in [9.17, 15) is 10.1 Å². The average molecular weight is 336 g/mol. The van der Waals surface area contributed by atoms with Gasteiger partial charge in [0.1, 0.15) is 0 Å². The maximum absolute atomic E-state index is 11.5. The lowest BCUT2D eigenvalue weighted by Gasteiger charge is -2.35. The second-order valence-corrected chi connectivity index (χ2v) is 7.32. The lowest BCUT2D eigenvalue weighted by molar-refractivity contribution is -0.383. The molecule has 3 N–H and O–H groups in total. The molecule has 8 heteroatoms. The van der Waals surface area contributed by atoms with Crippen LogP contribution < -0.4 is 16.0 Å². The second-order valence-electron chi connectivity index (χ2n) is 7.32. The Hall–Kier alpha value is -2.12. The van der Waals surface area contributed by atoms with Gasteiger partial charge in [0.15, 0.2) is 0 Å². The standard InChI is InChI=1S/C16H28N6O2/c1-10(2)5-6-18-16-19-14(17)13(22(23)24)15(20-16)21-8-11(3)7-12(4)9-21/h10-12H,5-9H2,1-4H3,(H3,17,18,19,20)/t11-,12-/m1/s1. The zero-order valence-corrected chi connectivity index (χ0v) is 15.0. The molecule has 24 heavy (non-hydrogen) atoms. The van der Waals surface area contributed by atoms with Crippen molar-refractivity contribution >= 4 is 23.3 Å². The van der Waals surface area contributed by atoms with Crippen molar-refractivity contribution < 1.29 is 4.92 Å². The average Bonchev–Trinajstić information content (AvgIpc) is 2.44. The molecule has 1 aliphatic rings. The summed E-state index contributed by atoms with van der Waals surface area (Å²) in [6.45, 7) is 10.8. The molecule has 1 aliphatic heterocycles. The van der Waals surface area contributed by atoms with Gasteiger partial charge in [-0.15, -0.1) is 0 Å². The van der Waals surface area contributed by atoms with Crippen molar-refractivity contribution in [3.8, 4) is 0 Å². The Morgan fingerprint density at radius 1 is 1.33 bits per heavy atom. The molecule has 2 heterocycles. The first-order valence-corrected chi connectivity index (χ1v) is 8.58. The summed E-state index contributed by atoms with van der Waals surface area (Å²) in [5, 5.41) is 14.6. The van der Waals surface area contributed by atoms with Gasteiger partial charge in [-0.1, -0.05) is 27.7 Å². The number of aromatic nitrogens is 2. The van der Waals surface area contributed by atoms with E-state index >= 15 is 0 Å². The SMILES string of the molecule is CC(C)CCNc1nc(N)c([N+](=O)[O-])c(N2C[C@H](C)C[C@@H](C)C2)n1. The van der Waals surface area contributed by atoms with E-state index in [0.717, 1.165) is 25.9 Å². The van der Waals surface area contributed by atoms with E-state index in [1.165, 1.54) is 0 Å². The minimum atomic E-state index is -0.480. The summed E-state index contributed by atoms with van der Waals surface area (Å²) >= 11 is 0. The number of nitro groups is 1. The molecule has 0 amide bonds. The fourth-order valence-electron chi connectivity index (χ4n) is 3.24. The van der Waals surface area contributed by atoms with Crippen LogP contribution in [0.1, 0.15) is 40.5 Å². The molecular weight excluding hydrogens is 308 g/mol. The van der Waals surface area contributed by atoms with E-state index in [-0.39, 0.29) is 11.5 Å². The van der Waals surface area contributed by atoms with Gasteiger partial charge in [-0.25, -0.2) is 0 Å². The zero-order valence-electron chi connectivity index (χ0n) is 15.0. The predicted molar refractivity (Wildman–Crippen MR) is 96.2 cm³/mol. The van der Waals surface area contributed by atoms with Crippen LogP contribution >= 0.6 is 0 Å². The molecule has 0 spiro atoms. The minimum Gasteiger partial charge on any atom is -0.378 e. The Labute approximate surface area is 143 Å². The molecule has 0 unspecified atom stereocenters. The number of nitrogens with two attached hydrogens (primary N) is 1. The third-order valence-electron chi connectivity index (χ3n) is 4.25. The first-order chi connectivity index (χ1) is 11.3. The van der Waals surface area contributed by atoms with Crippen molar-refractivity contribution in [2.45, 2.75) is 40.5 Å². The molecule has 0 aromatic carbocycles. The lowest BCUT2D eigenvalue weighted by Crippen LogP contribution is -2.39. The van der Waals surface area contributed by atoms with Crippen molar-refractivity contribution in [2.75, 3.05) is 35.6 Å². The normalized spacial score (nSPS) is 21.1. The van der Waals surface area contributed by atoms with Gasteiger partial charge in [-0.2, -0.15) is 9.97 Å². The maximum atomic E-state index is 11.5. The van der Waals surface area contributed by atoms with Crippen LogP contribution in [0.3, 0.4) is 0 Å². The number of hydrogen-bond acceptors (Lipinski definition) is 7. The van der Waals surface area contributed by atoms with E-state index in [4.69, 9.17) is 5.73 Å². The summed E-state index contributed by atoms with van der Waals surface area (Å²) in [4.78, 5) is 21.5. The van der Waals surface area contributed by atoms with Crippen LogP contribution in [-0.2, 0) is 0 Å². The number of piperidine rings is 1. The number of anilines is 3. The zero-order chi connectivity index (χ0) is 17.9. The van der Waals surface area contributed by atoms with Gasteiger partial charge in [-0.3, -0.25) is 10.1 Å². The molecule has 1 fully saturated rings. The molecule has 1 saturated heterocycles. The van der Waals surface area contributed by atoms with Crippen molar-refractivity contribution in [3.05, 3.63) is 10.1 Å². The lowest BCUT2D eigenvalue weighted by atomic mass is 9.92. The number of rotatable bonds is 6. The van der Waals surface area contributed by atoms with Crippen LogP contribution in [0, 0.1) is 27.9 Å². The topological polar surface area (TPSA) is 110 Å². The molecular formula is C16H28N6O2. The molecule has 1 aromatic rings. The number of hydrogen-bond donors (Lipinski definition) is 2. The summed E-state index contributed by atoms with van der Waals surface area (Å²) < 4.78 is 0. The highest BCUT2D eigenvalue weighted by atomic mass is 16.6. The predicted octanol–water partition coefficient (Wildman–Crippen LogP) is 2.91. The highest BCUT2D eigenvalue weighted by molar-refractivity contribution is 5.71. The van der Waals surface area contributed by atoms with Crippen LogP contribution in [0.4, 0.5) is 23.3 Å². The molecule has 2 rings (SSSR count). The fourth-order valence-corrected chi connectivity index (χ4v) is 3.24. The molecule has 0 bridgehead atoms. The smallest absolute Gasteiger partial charge is 0.353 e. The van der Waals surface area contributed by atoms with E-state index in [2.05, 4.69) is 43.0 Å². The van der Waals surface area contributed by atoms with Gasteiger partial charge < -0.3 is 16.0 Å². The molecule has 2 atom stereocenters. The quantitative estimate of drug-likeness (QED) is 0.607.